The molecule has 1 amide bonds. The van der Waals surface area contributed by atoms with Gasteiger partial charge >= 0.3 is 5.97 Å². The molecular weight excluding hydrogens is 432 g/mol. The maximum Gasteiger partial charge on any atom is 0.338 e. The van der Waals surface area contributed by atoms with Crippen LogP contribution in [0.15, 0.2) is 45.0 Å². The average Bonchev–Trinajstić information content (AvgIpc) is 2.96. The van der Waals surface area contributed by atoms with Crippen molar-refractivity contribution in [3.8, 4) is 0 Å². The fraction of sp³-hybridized carbons (Fsp3) is 0.421. The van der Waals surface area contributed by atoms with E-state index in [-0.39, 0.29) is 17.8 Å². The second kappa shape index (κ2) is 8.58. The van der Waals surface area contributed by atoms with E-state index < -0.39 is 12.0 Å². The van der Waals surface area contributed by atoms with E-state index in [2.05, 4.69) is 20.9 Å². The van der Waals surface area contributed by atoms with Crippen molar-refractivity contribution in [2.75, 3.05) is 20.3 Å². The molecular formula is C19H21BrN2O4S. The van der Waals surface area contributed by atoms with Crippen LogP contribution < -0.4 is 0 Å². The molecule has 0 aliphatic carbocycles. The SMILES string of the molecule is CC[C@@H]1SC2=NC(C)=C(C(=O)OCCOC)[C@H](c3ccc(Br)cc3)N2C1=O. The number of methoxy groups -OCH3 is 1. The summed E-state index contributed by atoms with van der Waals surface area (Å²) in [6.45, 7) is 4.22. The molecule has 1 aromatic rings. The van der Waals surface area contributed by atoms with Crippen LogP contribution in [0, 0.1) is 0 Å². The smallest absolute Gasteiger partial charge is 0.338 e. The lowest BCUT2D eigenvalue weighted by Gasteiger charge is -2.33. The second-order valence-corrected chi connectivity index (χ2v) is 8.28. The first-order valence-corrected chi connectivity index (χ1v) is 10.4. The number of aliphatic imine (C=N–C) groups is 1. The van der Waals surface area contributed by atoms with Gasteiger partial charge in [-0.3, -0.25) is 9.69 Å². The summed E-state index contributed by atoms with van der Waals surface area (Å²) in [4.78, 5) is 32.0. The average molecular weight is 453 g/mol. The molecule has 2 atom stereocenters. The number of halogens is 1. The fourth-order valence-corrected chi connectivity index (χ4v) is 4.50. The first-order chi connectivity index (χ1) is 13.0. The van der Waals surface area contributed by atoms with Gasteiger partial charge in [-0.05, 0) is 31.0 Å². The largest absolute Gasteiger partial charge is 0.460 e. The fourth-order valence-electron chi connectivity index (χ4n) is 3.11. The number of esters is 1. The molecule has 8 heteroatoms. The number of hydrogen-bond donors (Lipinski definition) is 0. The summed E-state index contributed by atoms with van der Waals surface area (Å²) in [7, 11) is 1.55. The first-order valence-electron chi connectivity index (χ1n) is 8.68. The Hall–Kier alpha value is -1.64. The summed E-state index contributed by atoms with van der Waals surface area (Å²) in [5.74, 6) is -0.498. The highest BCUT2D eigenvalue weighted by Crippen LogP contribution is 2.44. The van der Waals surface area contributed by atoms with Crippen molar-refractivity contribution < 1.29 is 19.1 Å². The lowest BCUT2D eigenvalue weighted by Crippen LogP contribution is -2.40. The number of fused-ring (bicyclic) bond motifs is 1. The monoisotopic (exact) mass is 452 g/mol. The Labute approximate surface area is 171 Å². The molecule has 2 aliphatic heterocycles. The van der Waals surface area contributed by atoms with Crippen molar-refractivity contribution in [2.45, 2.75) is 31.6 Å². The third-order valence-corrected chi connectivity index (χ3v) is 6.30. The van der Waals surface area contributed by atoms with Crippen molar-refractivity contribution in [3.63, 3.8) is 0 Å². The number of nitrogens with zero attached hydrogens (tertiary/aromatic N) is 2. The first kappa shape index (κ1) is 20.1. The molecule has 1 saturated heterocycles. The zero-order valence-corrected chi connectivity index (χ0v) is 17.8. The van der Waals surface area contributed by atoms with Gasteiger partial charge in [-0.25, -0.2) is 9.79 Å². The standard InChI is InChI=1S/C19H21BrN2O4S/c1-4-14-17(23)22-16(12-5-7-13(20)8-6-12)15(11(2)21-19(22)27-14)18(24)26-10-9-25-3/h5-8,14,16H,4,9-10H2,1-3H3/t14-,16-/m0/s1. The van der Waals surface area contributed by atoms with Gasteiger partial charge in [-0.1, -0.05) is 46.7 Å². The van der Waals surface area contributed by atoms with Crippen LogP contribution in [-0.2, 0) is 19.1 Å². The van der Waals surface area contributed by atoms with Crippen molar-refractivity contribution in [2.24, 2.45) is 4.99 Å². The number of rotatable bonds is 6. The molecule has 0 saturated carbocycles. The van der Waals surface area contributed by atoms with E-state index in [1.165, 1.54) is 11.8 Å². The van der Waals surface area contributed by atoms with Gasteiger partial charge in [-0.15, -0.1) is 0 Å². The Kier molecular flexibility index (Phi) is 6.39. The van der Waals surface area contributed by atoms with Gasteiger partial charge in [0.2, 0.25) is 5.91 Å². The van der Waals surface area contributed by atoms with Crippen LogP contribution in [0.5, 0.6) is 0 Å². The van der Waals surface area contributed by atoms with Gasteiger partial charge in [0.15, 0.2) is 5.17 Å². The van der Waals surface area contributed by atoms with Gasteiger partial charge in [0, 0.05) is 11.6 Å². The maximum absolute atomic E-state index is 13.0. The summed E-state index contributed by atoms with van der Waals surface area (Å²) in [5.41, 5.74) is 1.81. The van der Waals surface area contributed by atoms with Crippen LogP contribution in [0.4, 0.5) is 0 Å². The predicted molar refractivity (Wildman–Crippen MR) is 108 cm³/mol. The number of thioether (sulfide) groups is 1. The third kappa shape index (κ3) is 3.97. The minimum Gasteiger partial charge on any atom is -0.460 e. The molecule has 3 rings (SSSR count). The maximum atomic E-state index is 13.0. The number of carbonyl (C=O) groups is 2. The highest BCUT2D eigenvalue weighted by molar-refractivity contribution is 9.10. The van der Waals surface area contributed by atoms with Crippen LogP contribution in [0.3, 0.4) is 0 Å². The Morgan fingerprint density at radius 1 is 1.30 bits per heavy atom. The van der Waals surface area contributed by atoms with Crippen molar-refractivity contribution in [1.82, 2.24) is 4.90 Å². The molecule has 2 aliphatic rings. The molecule has 0 unspecified atom stereocenters. The summed E-state index contributed by atoms with van der Waals surface area (Å²) in [5, 5.41) is 0.462. The van der Waals surface area contributed by atoms with Crippen LogP contribution in [0.2, 0.25) is 0 Å². The topological polar surface area (TPSA) is 68.2 Å². The highest BCUT2D eigenvalue weighted by Gasteiger charge is 2.47. The molecule has 2 heterocycles. The van der Waals surface area contributed by atoms with Crippen LogP contribution in [0.25, 0.3) is 0 Å². The number of amides is 1. The van der Waals surface area contributed by atoms with Crippen molar-refractivity contribution in [3.05, 3.63) is 45.6 Å². The van der Waals surface area contributed by atoms with Gasteiger partial charge in [0.05, 0.1) is 29.2 Å². The van der Waals surface area contributed by atoms with Crippen LogP contribution >= 0.6 is 27.7 Å². The molecule has 6 nitrogen and oxygen atoms in total. The summed E-state index contributed by atoms with van der Waals surface area (Å²) in [6.07, 6.45) is 0.707. The van der Waals surface area contributed by atoms with Gasteiger partial charge in [0.1, 0.15) is 6.61 Å². The quantitative estimate of drug-likeness (QED) is 0.486. The molecule has 27 heavy (non-hydrogen) atoms. The Bertz CT molecular complexity index is 806. The van der Waals surface area contributed by atoms with Crippen molar-refractivity contribution >= 4 is 44.7 Å². The number of ether oxygens (including phenoxy) is 2. The van der Waals surface area contributed by atoms with Crippen molar-refractivity contribution in [1.29, 1.82) is 0 Å². The molecule has 1 aromatic carbocycles. The summed E-state index contributed by atoms with van der Waals surface area (Å²) >= 11 is 4.88. The van der Waals surface area contributed by atoms with E-state index in [9.17, 15) is 9.59 Å². The van der Waals surface area contributed by atoms with E-state index >= 15 is 0 Å². The third-order valence-electron chi connectivity index (χ3n) is 4.45. The molecule has 0 aromatic heterocycles. The molecule has 0 radical (unpaired) electrons. The molecule has 0 spiro atoms. The number of amidine groups is 1. The zero-order valence-electron chi connectivity index (χ0n) is 15.4. The highest BCUT2D eigenvalue weighted by atomic mass is 79.9. The predicted octanol–water partition coefficient (Wildman–Crippen LogP) is 3.68. The summed E-state index contributed by atoms with van der Waals surface area (Å²) < 4.78 is 11.2. The van der Waals surface area contributed by atoms with Gasteiger partial charge in [0.25, 0.3) is 0 Å². The zero-order chi connectivity index (χ0) is 19.6. The minimum absolute atomic E-state index is 0.0242. The minimum atomic E-state index is -0.544. The van der Waals surface area contributed by atoms with E-state index in [0.717, 1.165) is 10.0 Å². The van der Waals surface area contributed by atoms with Crippen LogP contribution in [0.1, 0.15) is 31.9 Å². The van der Waals surface area contributed by atoms with E-state index in [0.29, 0.717) is 29.5 Å². The Morgan fingerprint density at radius 3 is 2.63 bits per heavy atom. The number of benzene rings is 1. The second-order valence-electron chi connectivity index (χ2n) is 6.20. The lowest BCUT2D eigenvalue weighted by molar-refractivity contribution is -0.141. The summed E-state index contributed by atoms with van der Waals surface area (Å²) in [6, 6.07) is 7.07. The Morgan fingerprint density at radius 2 is 2.00 bits per heavy atom. The lowest BCUT2D eigenvalue weighted by atomic mass is 9.94. The Balaban J connectivity index is 2.03. The number of allylic oxidation sites excluding steroid dienone is 1. The van der Waals surface area contributed by atoms with Crippen LogP contribution in [-0.4, -0.2) is 47.5 Å². The normalized spacial score (nSPS) is 22.0. The van der Waals surface area contributed by atoms with Gasteiger partial charge in [-0.2, -0.15) is 0 Å². The number of carbonyl (C=O) groups excluding carboxylic acids is 2. The molecule has 1 fully saturated rings. The number of hydrogen-bond acceptors (Lipinski definition) is 6. The van der Waals surface area contributed by atoms with E-state index in [1.54, 1.807) is 18.9 Å². The molecule has 0 bridgehead atoms. The molecule has 0 N–H and O–H groups in total. The van der Waals surface area contributed by atoms with E-state index in [1.807, 2.05) is 31.2 Å². The van der Waals surface area contributed by atoms with Gasteiger partial charge < -0.3 is 9.47 Å². The molecule has 144 valence electrons. The van der Waals surface area contributed by atoms with E-state index in [4.69, 9.17) is 9.47 Å².